The van der Waals surface area contributed by atoms with E-state index in [-0.39, 0.29) is 18.8 Å². The molecule has 0 spiro atoms. The normalized spacial score (nSPS) is 11.7. The minimum Gasteiger partial charge on any atom is -0.338 e. The first-order valence-corrected chi connectivity index (χ1v) is 6.69. The zero-order valence-corrected chi connectivity index (χ0v) is 12.5. The number of halogens is 3. The maximum atomic E-state index is 12.9. The summed E-state index contributed by atoms with van der Waals surface area (Å²) in [5.74, 6) is 0.228. The van der Waals surface area contributed by atoms with Gasteiger partial charge in [0.05, 0.1) is 24.3 Å². The van der Waals surface area contributed by atoms with E-state index in [4.69, 9.17) is 4.52 Å². The minimum absolute atomic E-state index is 0.117. The van der Waals surface area contributed by atoms with E-state index >= 15 is 0 Å². The molecule has 2 rings (SSSR count). The van der Waals surface area contributed by atoms with E-state index in [1.165, 1.54) is 18.2 Å². The van der Waals surface area contributed by atoms with E-state index in [9.17, 15) is 18.0 Å². The van der Waals surface area contributed by atoms with Crippen molar-refractivity contribution in [3.8, 4) is 0 Å². The average Bonchev–Trinajstić information content (AvgIpc) is 2.83. The molecule has 23 heavy (non-hydrogen) atoms. The summed E-state index contributed by atoms with van der Waals surface area (Å²) >= 11 is 0. The lowest BCUT2D eigenvalue weighted by Gasteiger charge is -2.16. The number of para-hydroxylation sites is 1. The fraction of sp³-hybridized carbons (Fsp3) is 0.357. The van der Waals surface area contributed by atoms with Gasteiger partial charge in [0.2, 0.25) is 11.8 Å². The van der Waals surface area contributed by atoms with Crippen molar-refractivity contribution < 1.29 is 22.5 Å². The van der Waals surface area contributed by atoms with Crippen molar-refractivity contribution in [3.05, 3.63) is 41.5 Å². The average molecular weight is 328 g/mol. The molecule has 0 saturated carbocycles. The second-order valence-electron chi connectivity index (χ2n) is 5.00. The van der Waals surface area contributed by atoms with E-state index in [0.29, 0.717) is 11.7 Å². The number of aromatic nitrogens is 2. The van der Waals surface area contributed by atoms with Gasteiger partial charge in [-0.15, -0.1) is 0 Å². The third-order valence-corrected chi connectivity index (χ3v) is 2.89. The van der Waals surface area contributed by atoms with Gasteiger partial charge in [0, 0.05) is 0 Å². The summed E-state index contributed by atoms with van der Waals surface area (Å²) in [5.41, 5.74) is -1.16. The highest BCUT2D eigenvalue weighted by Gasteiger charge is 2.33. The summed E-state index contributed by atoms with van der Waals surface area (Å²) in [5, 5.41) is 5.89. The number of rotatable bonds is 5. The molecule has 2 aromatic rings. The van der Waals surface area contributed by atoms with E-state index in [1.807, 2.05) is 0 Å². The fourth-order valence-electron chi connectivity index (χ4n) is 1.97. The number of nitrogens with one attached hydrogen (secondary N) is 1. The Morgan fingerprint density at radius 2 is 2.04 bits per heavy atom. The Morgan fingerprint density at radius 1 is 1.35 bits per heavy atom. The molecule has 1 amide bonds. The quantitative estimate of drug-likeness (QED) is 0.913. The van der Waals surface area contributed by atoms with Crippen LogP contribution in [0.15, 0.2) is 28.8 Å². The molecule has 1 N–H and O–H groups in total. The SMILES string of the molecule is Cc1noc(CN(C)CC(=O)Nc2ccccc2C(F)(F)F)n1. The topological polar surface area (TPSA) is 71.3 Å². The predicted molar refractivity (Wildman–Crippen MR) is 75.4 cm³/mol. The Kier molecular flexibility index (Phi) is 4.99. The summed E-state index contributed by atoms with van der Waals surface area (Å²) in [6, 6.07) is 4.82. The molecule has 0 radical (unpaired) electrons. The zero-order chi connectivity index (χ0) is 17.0. The summed E-state index contributed by atoms with van der Waals surface area (Å²) < 4.78 is 43.5. The number of benzene rings is 1. The first-order chi connectivity index (χ1) is 10.8. The van der Waals surface area contributed by atoms with Crippen molar-refractivity contribution in [1.29, 1.82) is 0 Å². The number of likely N-dealkylation sites (N-methyl/N-ethyl adjacent to an activating group) is 1. The maximum absolute atomic E-state index is 12.9. The van der Waals surface area contributed by atoms with E-state index < -0.39 is 17.6 Å². The fourth-order valence-corrected chi connectivity index (χ4v) is 1.97. The van der Waals surface area contributed by atoms with Crippen molar-refractivity contribution in [2.75, 3.05) is 18.9 Å². The van der Waals surface area contributed by atoms with Gasteiger partial charge in [-0.3, -0.25) is 9.69 Å². The molecule has 1 aromatic carbocycles. The van der Waals surface area contributed by atoms with Crippen molar-refractivity contribution in [2.45, 2.75) is 19.6 Å². The Balaban J connectivity index is 1.97. The number of alkyl halides is 3. The van der Waals surface area contributed by atoms with E-state index in [2.05, 4.69) is 15.5 Å². The van der Waals surface area contributed by atoms with Gasteiger partial charge in [0.15, 0.2) is 5.82 Å². The number of hydrogen-bond acceptors (Lipinski definition) is 5. The highest BCUT2D eigenvalue weighted by molar-refractivity contribution is 5.93. The van der Waals surface area contributed by atoms with Gasteiger partial charge < -0.3 is 9.84 Å². The van der Waals surface area contributed by atoms with E-state index in [1.54, 1.807) is 18.9 Å². The molecule has 6 nitrogen and oxygen atoms in total. The number of carbonyl (C=O) groups excluding carboxylic acids is 1. The summed E-state index contributed by atoms with van der Waals surface area (Å²) in [4.78, 5) is 17.5. The molecule has 0 unspecified atom stereocenters. The standard InChI is InChI=1S/C14H15F3N4O2/c1-9-18-13(23-20-9)8-21(2)7-12(22)19-11-6-4-3-5-10(11)14(15,16)17/h3-6H,7-8H2,1-2H3,(H,19,22). The Morgan fingerprint density at radius 3 is 2.65 bits per heavy atom. The molecule has 1 aromatic heterocycles. The van der Waals surface area contributed by atoms with Gasteiger partial charge in [-0.2, -0.15) is 18.2 Å². The second kappa shape index (κ2) is 6.78. The number of amides is 1. The second-order valence-corrected chi connectivity index (χ2v) is 5.00. The van der Waals surface area contributed by atoms with Crippen LogP contribution in [0.3, 0.4) is 0 Å². The van der Waals surface area contributed by atoms with Crippen LogP contribution >= 0.6 is 0 Å². The lowest BCUT2D eigenvalue weighted by molar-refractivity contribution is -0.137. The van der Waals surface area contributed by atoms with Crippen LogP contribution in [0, 0.1) is 6.92 Å². The van der Waals surface area contributed by atoms with Crippen molar-refractivity contribution in [1.82, 2.24) is 15.0 Å². The van der Waals surface area contributed by atoms with Crippen LogP contribution in [0.4, 0.5) is 18.9 Å². The van der Waals surface area contributed by atoms with Gasteiger partial charge in [-0.25, -0.2) is 0 Å². The molecule has 0 aliphatic carbocycles. The first-order valence-electron chi connectivity index (χ1n) is 6.69. The summed E-state index contributed by atoms with van der Waals surface area (Å²) in [6.07, 6.45) is -4.53. The molecule has 0 saturated heterocycles. The van der Waals surface area contributed by atoms with Crippen LogP contribution in [-0.4, -0.2) is 34.5 Å². The summed E-state index contributed by atoms with van der Waals surface area (Å²) in [7, 11) is 1.62. The van der Waals surface area contributed by atoms with Crippen LogP contribution in [0.5, 0.6) is 0 Å². The highest BCUT2D eigenvalue weighted by Crippen LogP contribution is 2.34. The first kappa shape index (κ1) is 16.9. The number of nitrogens with zero attached hydrogens (tertiary/aromatic N) is 3. The zero-order valence-electron chi connectivity index (χ0n) is 12.5. The van der Waals surface area contributed by atoms with Crippen LogP contribution in [0.2, 0.25) is 0 Å². The van der Waals surface area contributed by atoms with Crippen LogP contribution in [0.25, 0.3) is 0 Å². The smallest absolute Gasteiger partial charge is 0.338 e. The molecule has 0 bridgehead atoms. The molecular weight excluding hydrogens is 313 g/mol. The molecular formula is C14H15F3N4O2. The lowest BCUT2D eigenvalue weighted by atomic mass is 10.1. The van der Waals surface area contributed by atoms with Gasteiger partial charge in [-0.05, 0) is 26.1 Å². The number of aryl methyl sites for hydroxylation is 1. The van der Waals surface area contributed by atoms with Crippen molar-refractivity contribution in [2.24, 2.45) is 0 Å². The molecule has 0 aliphatic rings. The largest absolute Gasteiger partial charge is 0.418 e. The number of hydrogen-bond donors (Lipinski definition) is 1. The Hall–Kier alpha value is -2.42. The van der Waals surface area contributed by atoms with Crippen molar-refractivity contribution >= 4 is 11.6 Å². The third kappa shape index (κ3) is 4.78. The number of carbonyl (C=O) groups is 1. The van der Waals surface area contributed by atoms with Gasteiger partial charge in [0.25, 0.3) is 0 Å². The lowest BCUT2D eigenvalue weighted by Crippen LogP contribution is -2.30. The molecule has 0 fully saturated rings. The van der Waals surface area contributed by atoms with Crippen molar-refractivity contribution in [3.63, 3.8) is 0 Å². The predicted octanol–water partition coefficient (Wildman–Crippen LogP) is 2.47. The van der Waals surface area contributed by atoms with Crippen LogP contribution in [0.1, 0.15) is 17.3 Å². The monoisotopic (exact) mass is 328 g/mol. The molecule has 1 heterocycles. The molecule has 0 atom stereocenters. The third-order valence-electron chi connectivity index (χ3n) is 2.89. The minimum atomic E-state index is -4.53. The van der Waals surface area contributed by atoms with E-state index in [0.717, 1.165) is 6.07 Å². The Bertz CT molecular complexity index is 685. The van der Waals surface area contributed by atoms with Gasteiger partial charge in [0.1, 0.15) is 0 Å². The molecule has 124 valence electrons. The van der Waals surface area contributed by atoms with Gasteiger partial charge >= 0.3 is 6.18 Å². The van der Waals surface area contributed by atoms with Crippen LogP contribution < -0.4 is 5.32 Å². The number of anilines is 1. The molecule has 0 aliphatic heterocycles. The molecule has 9 heteroatoms. The summed E-state index contributed by atoms with van der Waals surface area (Å²) in [6.45, 7) is 1.76. The highest BCUT2D eigenvalue weighted by atomic mass is 19.4. The maximum Gasteiger partial charge on any atom is 0.418 e. The van der Waals surface area contributed by atoms with Gasteiger partial charge in [-0.1, -0.05) is 17.3 Å². The Labute approximate surface area is 130 Å². The van der Waals surface area contributed by atoms with Crippen LogP contribution in [-0.2, 0) is 17.5 Å².